The standard InChI is InChI=1S/C21H24N4O2S/c1-15-19(20(26)25(24(15)3)17-8-6-5-7-9-17)22-21(27)23(2)14-16-10-12-18(28-4)13-11-16/h5-13H,14H2,1-4H3,(H,22,27). The van der Waals surface area contributed by atoms with Crippen LogP contribution in [0.3, 0.4) is 0 Å². The van der Waals surface area contributed by atoms with Crippen molar-refractivity contribution < 1.29 is 4.79 Å². The van der Waals surface area contributed by atoms with Gasteiger partial charge in [-0.25, -0.2) is 9.48 Å². The molecule has 3 aromatic rings. The quantitative estimate of drug-likeness (QED) is 0.666. The van der Waals surface area contributed by atoms with E-state index in [-0.39, 0.29) is 11.6 Å². The van der Waals surface area contributed by atoms with E-state index in [9.17, 15) is 9.59 Å². The molecule has 0 atom stereocenters. The summed E-state index contributed by atoms with van der Waals surface area (Å²) in [6.45, 7) is 2.27. The number of hydrogen-bond acceptors (Lipinski definition) is 3. The molecule has 2 aromatic carbocycles. The third-order valence-corrected chi connectivity index (χ3v) is 5.46. The van der Waals surface area contributed by atoms with Crippen LogP contribution in [-0.4, -0.2) is 33.6 Å². The second-order valence-electron chi connectivity index (χ2n) is 6.57. The van der Waals surface area contributed by atoms with Crippen LogP contribution < -0.4 is 10.9 Å². The van der Waals surface area contributed by atoms with E-state index in [1.807, 2.05) is 67.8 Å². The summed E-state index contributed by atoms with van der Waals surface area (Å²) >= 11 is 1.68. The molecule has 1 aromatic heterocycles. The number of nitrogens with one attached hydrogen (secondary N) is 1. The van der Waals surface area contributed by atoms with E-state index in [0.717, 1.165) is 11.3 Å². The maximum atomic E-state index is 12.9. The van der Waals surface area contributed by atoms with Gasteiger partial charge in [-0.2, -0.15) is 0 Å². The molecule has 1 heterocycles. The summed E-state index contributed by atoms with van der Waals surface area (Å²) < 4.78 is 3.29. The molecule has 0 unspecified atom stereocenters. The Morgan fingerprint density at radius 2 is 1.75 bits per heavy atom. The lowest BCUT2D eigenvalue weighted by Gasteiger charge is -2.17. The Hall–Kier alpha value is -2.93. The zero-order valence-corrected chi connectivity index (χ0v) is 17.3. The highest BCUT2D eigenvalue weighted by molar-refractivity contribution is 7.98. The van der Waals surface area contributed by atoms with Gasteiger partial charge in [-0.15, -0.1) is 11.8 Å². The topological polar surface area (TPSA) is 59.3 Å². The van der Waals surface area contributed by atoms with Crippen molar-refractivity contribution in [2.24, 2.45) is 7.05 Å². The normalized spacial score (nSPS) is 10.7. The number of benzene rings is 2. The second kappa shape index (κ2) is 8.39. The first-order valence-corrected chi connectivity index (χ1v) is 10.1. The van der Waals surface area contributed by atoms with Crippen molar-refractivity contribution in [3.05, 3.63) is 76.2 Å². The molecule has 7 heteroatoms. The van der Waals surface area contributed by atoms with Crippen LogP contribution in [0.4, 0.5) is 10.5 Å². The molecule has 0 aliphatic rings. The number of nitrogens with zero attached hydrogens (tertiary/aromatic N) is 3. The number of thioether (sulfide) groups is 1. The van der Waals surface area contributed by atoms with Gasteiger partial charge in [0.15, 0.2) is 0 Å². The van der Waals surface area contributed by atoms with Crippen molar-refractivity contribution in [1.29, 1.82) is 0 Å². The lowest BCUT2D eigenvalue weighted by atomic mass is 10.2. The minimum atomic E-state index is -0.319. The van der Waals surface area contributed by atoms with Crippen LogP contribution in [0.15, 0.2) is 64.3 Å². The number of para-hydroxylation sites is 1. The molecule has 0 saturated heterocycles. The molecular weight excluding hydrogens is 372 g/mol. The summed E-state index contributed by atoms with van der Waals surface area (Å²) in [5, 5.41) is 2.78. The van der Waals surface area contributed by atoms with Crippen molar-refractivity contribution in [2.75, 3.05) is 18.6 Å². The van der Waals surface area contributed by atoms with E-state index in [0.29, 0.717) is 17.9 Å². The Labute approximate surface area is 168 Å². The van der Waals surface area contributed by atoms with Crippen molar-refractivity contribution >= 4 is 23.5 Å². The monoisotopic (exact) mass is 396 g/mol. The molecule has 0 aliphatic heterocycles. The average Bonchev–Trinajstić information content (AvgIpc) is 2.92. The zero-order valence-electron chi connectivity index (χ0n) is 16.5. The molecule has 0 radical (unpaired) electrons. The molecule has 0 saturated carbocycles. The van der Waals surface area contributed by atoms with E-state index >= 15 is 0 Å². The van der Waals surface area contributed by atoms with Gasteiger partial charge in [0.05, 0.1) is 11.4 Å². The van der Waals surface area contributed by atoms with Gasteiger partial charge < -0.3 is 10.2 Å². The van der Waals surface area contributed by atoms with Crippen LogP contribution in [0.25, 0.3) is 5.69 Å². The maximum absolute atomic E-state index is 12.9. The summed E-state index contributed by atoms with van der Waals surface area (Å²) in [5.74, 6) is 0. The molecule has 0 spiro atoms. The van der Waals surface area contributed by atoms with Crippen LogP contribution >= 0.6 is 11.8 Å². The predicted octanol–water partition coefficient (Wildman–Crippen LogP) is 3.87. The van der Waals surface area contributed by atoms with Crippen molar-refractivity contribution in [3.63, 3.8) is 0 Å². The Balaban J connectivity index is 1.79. The van der Waals surface area contributed by atoms with Gasteiger partial charge in [-0.1, -0.05) is 30.3 Å². The van der Waals surface area contributed by atoms with Crippen LogP contribution in [0.5, 0.6) is 0 Å². The van der Waals surface area contributed by atoms with Gasteiger partial charge in [-0.3, -0.25) is 9.48 Å². The summed E-state index contributed by atoms with van der Waals surface area (Å²) in [6.07, 6.45) is 2.03. The largest absolute Gasteiger partial charge is 0.323 e. The van der Waals surface area contributed by atoms with Gasteiger partial charge in [0.2, 0.25) is 0 Å². The van der Waals surface area contributed by atoms with E-state index in [1.54, 1.807) is 40.1 Å². The molecule has 2 amide bonds. The highest BCUT2D eigenvalue weighted by Gasteiger charge is 2.19. The number of anilines is 1. The summed E-state index contributed by atoms with van der Waals surface area (Å²) in [4.78, 5) is 28.3. The van der Waals surface area contributed by atoms with Crippen molar-refractivity contribution in [2.45, 2.75) is 18.4 Å². The molecule has 0 bridgehead atoms. The van der Waals surface area contributed by atoms with Gasteiger partial charge in [0.25, 0.3) is 5.56 Å². The Morgan fingerprint density at radius 3 is 2.36 bits per heavy atom. The van der Waals surface area contributed by atoms with Crippen molar-refractivity contribution in [1.82, 2.24) is 14.3 Å². The molecular formula is C21H24N4O2S. The number of amides is 2. The Bertz CT molecular complexity index is 1020. The number of aromatic nitrogens is 2. The molecule has 146 valence electrons. The zero-order chi connectivity index (χ0) is 20.3. The van der Waals surface area contributed by atoms with E-state index in [4.69, 9.17) is 0 Å². The number of carbonyl (C=O) groups excluding carboxylic acids is 1. The van der Waals surface area contributed by atoms with Crippen LogP contribution in [0.1, 0.15) is 11.3 Å². The fourth-order valence-corrected chi connectivity index (χ4v) is 3.40. The van der Waals surface area contributed by atoms with Crippen LogP contribution in [0, 0.1) is 6.92 Å². The smallest absolute Gasteiger partial charge is 0.322 e. The molecule has 28 heavy (non-hydrogen) atoms. The van der Waals surface area contributed by atoms with E-state index in [2.05, 4.69) is 5.32 Å². The Kier molecular flexibility index (Phi) is 5.94. The SMILES string of the molecule is CSc1ccc(CN(C)C(=O)Nc2c(C)n(C)n(-c3ccccc3)c2=O)cc1. The van der Waals surface area contributed by atoms with Gasteiger partial charge >= 0.3 is 6.03 Å². The van der Waals surface area contributed by atoms with Crippen molar-refractivity contribution in [3.8, 4) is 5.69 Å². The summed E-state index contributed by atoms with van der Waals surface area (Å²) in [6, 6.07) is 17.1. The first-order chi connectivity index (χ1) is 13.4. The number of carbonyl (C=O) groups is 1. The molecule has 0 fully saturated rings. The average molecular weight is 397 g/mol. The third kappa shape index (κ3) is 3.99. The fraction of sp³-hybridized carbons (Fsp3) is 0.238. The van der Waals surface area contributed by atoms with Gasteiger partial charge in [-0.05, 0) is 43.0 Å². The molecule has 6 nitrogen and oxygen atoms in total. The highest BCUT2D eigenvalue weighted by atomic mass is 32.2. The summed E-state index contributed by atoms with van der Waals surface area (Å²) in [7, 11) is 3.52. The molecule has 1 N–H and O–H groups in total. The van der Waals surface area contributed by atoms with Gasteiger partial charge in [0, 0.05) is 25.5 Å². The highest BCUT2D eigenvalue weighted by Crippen LogP contribution is 2.17. The third-order valence-electron chi connectivity index (χ3n) is 4.71. The minimum absolute atomic E-state index is 0.253. The van der Waals surface area contributed by atoms with Crippen LogP contribution in [-0.2, 0) is 13.6 Å². The maximum Gasteiger partial charge on any atom is 0.322 e. The fourth-order valence-electron chi connectivity index (χ4n) is 2.99. The second-order valence-corrected chi connectivity index (χ2v) is 7.45. The number of rotatable bonds is 5. The number of urea groups is 1. The van der Waals surface area contributed by atoms with E-state index in [1.165, 1.54) is 4.90 Å². The first kappa shape index (κ1) is 19.8. The first-order valence-electron chi connectivity index (χ1n) is 8.91. The minimum Gasteiger partial charge on any atom is -0.323 e. The predicted molar refractivity (Wildman–Crippen MR) is 114 cm³/mol. The van der Waals surface area contributed by atoms with Crippen LogP contribution in [0.2, 0.25) is 0 Å². The van der Waals surface area contributed by atoms with Gasteiger partial charge in [0.1, 0.15) is 5.69 Å². The van der Waals surface area contributed by atoms with E-state index < -0.39 is 0 Å². The molecule has 3 rings (SSSR count). The number of hydrogen-bond donors (Lipinski definition) is 1. The molecule has 0 aliphatic carbocycles. The lowest BCUT2D eigenvalue weighted by molar-refractivity contribution is 0.220. The Morgan fingerprint density at radius 1 is 1.11 bits per heavy atom. The summed E-state index contributed by atoms with van der Waals surface area (Å²) in [5.41, 5.74) is 2.51. The lowest BCUT2D eigenvalue weighted by Crippen LogP contribution is -2.33.